The van der Waals surface area contributed by atoms with Crippen molar-refractivity contribution in [3.63, 3.8) is 0 Å². The zero-order valence-corrected chi connectivity index (χ0v) is 11.0. The summed E-state index contributed by atoms with van der Waals surface area (Å²) < 4.78 is 12.9. The fourth-order valence-corrected chi connectivity index (χ4v) is 1.62. The number of carboxylic acids is 1. The van der Waals surface area contributed by atoms with E-state index in [0.29, 0.717) is 5.56 Å². The molecule has 104 valence electrons. The maximum Gasteiger partial charge on any atom is 0.303 e. The molecule has 0 saturated heterocycles. The highest BCUT2D eigenvalue weighted by Gasteiger charge is 2.17. The third-order valence-corrected chi connectivity index (χ3v) is 2.76. The summed E-state index contributed by atoms with van der Waals surface area (Å²) in [6.45, 7) is 3.52. The standard InChI is InChI=1S/C14H18FNO3/c1-9(2)14(19)16-12(7-8-13(17)18)10-3-5-11(15)6-4-10/h3-6,9,12H,7-8H2,1-2H3,(H,16,19)(H,17,18). The molecule has 0 aromatic heterocycles. The molecular formula is C14H18FNO3. The fourth-order valence-electron chi connectivity index (χ4n) is 1.62. The quantitative estimate of drug-likeness (QED) is 0.832. The molecule has 19 heavy (non-hydrogen) atoms. The van der Waals surface area contributed by atoms with Gasteiger partial charge in [-0.1, -0.05) is 26.0 Å². The second-order valence-corrected chi connectivity index (χ2v) is 4.70. The molecule has 1 amide bonds. The van der Waals surface area contributed by atoms with Gasteiger partial charge in [-0.15, -0.1) is 0 Å². The summed E-state index contributed by atoms with van der Waals surface area (Å²) in [6, 6.07) is 5.30. The molecule has 1 aromatic carbocycles. The van der Waals surface area contributed by atoms with E-state index in [1.54, 1.807) is 26.0 Å². The highest BCUT2D eigenvalue weighted by molar-refractivity contribution is 5.78. The molecule has 1 aromatic rings. The summed E-state index contributed by atoms with van der Waals surface area (Å²) in [4.78, 5) is 22.3. The van der Waals surface area contributed by atoms with E-state index in [4.69, 9.17) is 5.11 Å². The van der Waals surface area contributed by atoms with Gasteiger partial charge < -0.3 is 10.4 Å². The van der Waals surface area contributed by atoms with Crippen molar-refractivity contribution in [1.29, 1.82) is 0 Å². The Bertz CT molecular complexity index is 443. The highest BCUT2D eigenvalue weighted by atomic mass is 19.1. The minimum absolute atomic E-state index is 0.0551. The van der Waals surface area contributed by atoms with Crippen molar-refractivity contribution >= 4 is 11.9 Å². The minimum Gasteiger partial charge on any atom is -0.481 e. The van der Waals surface area contributed by atoms with Gasteiger partial charge in [0.25, 0.3) is 0 Å². The average molecular weight is 267 g/mol. The molecule has 0 saturated carbocycles. The van der Waals surface area contributed by atoms with Crippen molar-refractivity contribution in [2.45, 2.75) is 32.7 Å². The zero-order valence-electron chi connectivity index (χ0n) is 11.0. The van der Waals surface area contributed by atoms with Crippen LogP contribution in [-0.4, -0.2) is 17.0 Å². The topological polar surface area (TPSA) is 66.4 Å². The number of benzene rings is 1. The lowest BCUT2D eigenvalue weighted by Gasteiger charge is -2.20. The maximum atomic E-state index is 12.9. The number of carboxylic acid groups (broad SMARTS) is 1. The smallest absolute Gasteiger partial charge is 0.303 e. The van der Waals surface area contributed by atoms with Crippen molar-refractivity contribution in [2.75, 3.05) is 0 Å². The average Bonchev–Trinajstić information content (AvgIpc) is 2.35. The van der Waals surface area contributed by atoms with Crippen LogP contribution in [0.1, 0.15) is 38.3 Å². The predicted molar refractivity (Wildman–Crippen MR) is 69.0 cm³/mol. The van der Waals surface area contributed by atoms with Gasteiger partial charge in [0.15, 0.2) is 0 Å². The van der Waals surface area contributed by atoms with E-state index in [0.717, 1.165) is 0 Å². The Morgan fingerprint density at radius 1 is 1.26 bits per heavy atom. The van der Waals surface area contributed by atoms with Crippen LogP contribution in [0, 0.1) is 11.7 Å². The van der Waals surface area contributed by atoms with Gasteiger partial charge in [-0.3, -0.25) is 9.59 Å². The molecule has 0 spiro atoms. The summed E-state index contributed by atoms with van der Waals surface area (Å²) in [5.41, 5.74) is 0.705. The van der Waals surface area contributed by atoms with Crippen LogP contribution in [0.5, 0.6) is 0 Å². The lowest BCUT2D eigenvalue weighted by atomic mass is 10.0. The third kappa shape index (κ3) is 5.07. The molecule has 0 radical (unpaired) electrons. The first-order valence-corrected chi connectivity index (χ1v) is 6.17. The fraction of sp³-hybridized carbons (Fsp3) is 0.429. The number of rotatable bonds is 6. The van der Waals surface area contributed by atoms with Crippen LogP contribution in [-0.2, 0) is 9.59 Å². The van der Waals surface area contributed by atoms with E-state index in [9.17, 15) is 14.0 Å². The number of aliphatic carboxylic acids is 1. The minimum atomic E-state index is -0.925. The van der Waals surface area contributed by atoms with Crippen LogP contribution < -0.4 is 5.32 Å². The summed E-state index contributed by atoms with van der Waals surface area (Å²) in [5, 5.41) is 11.5. The van der Waals surface area contributed by atoms with Crippen molar-refractivity contribution in [3.8, 4) is 0 Å². The molecule has 0 fully saturated rings. The number of hydrogen-bond acceptors (Lipinski definition) is 2. The van der Waals surface area contributed by atoms with Crippen LogP contribution in [0.2, 0.25) is 0 Å². The Hall–Kier alpha value is -1.91. The predicted octanol–water partition coefficient (Wildman–Crippen LogP) is 2.50. The Balaban J connectivity index is 2.81. The highest BCUT2D eigenvalue weighted by Crippen LogP contribution is 2.19. The first-order chi connectivity index (χ1) is 8.90. The van der Waals surface area contributed by atoms with E-state index in [-0.39, 0.29) is 30.5 Å². The lowest BCUT2D eigenvalue weighted by Crippen LogP contribution is -2.32. The molecule has 0 heterocycles. The van der Waals surface area contributed by atoms with Crippen LogP contribution >= 0.6 is 0 Å². The van der Waals surface area contributed by atoms with Gasteiger partial charge >= 0.3 is 5.97 Å². The number of hydrogen-bond donors (Lipinski definition) is 2. The number of amides is 1. The van der Waals surface area contributed by atoms with Crippen LogP contribution in [0.15, 0.2) is 24.3 Å². The normalized spacial score (nSPS) is 12.2. The van der Waals surface area contributed by atoms with Crippen LogP contribution in [0.25, 0.3) is 0 Å². The van der Waals surface area contributed by atoms with Crippen molar-refractivity contribution < 1.29 is 19.1 Å². The van der Waals surface area contributed by atoms with Gasteiger partial charge in [-0.05, 0) is 24.1 Å². The van der Waals surface area contributed by atoms with Crippen molar-refractivity contribution in [3.05, 3.63) is 35.6 Å². The Morgan fingerprint density at radius 2 is 1.84 bits per heavy atom. The van der Waals surface area contributed by atoms with Gasteiger partial charge in [-0.2, -0.15) is 0 Å². The largest absolute Gasteiger partial charge is 0.481 e. The first kappa shape index (κ1) is 15.1. The third-order valence-electron chi connectivity index (χ3n) is 2.76. The second kappa shape index (κ2) is 6.87. The second-order valence-electron chi connectivity index (χ2n) is 4.70. The first-order valence-electron chi connectivity index (χ1n) is 6.17. The number of nitrogens with one attached hydrogen (secondary N) is 1. The molecule has 1 rings (SSSR count). The summed E-state index contributed by atoms with van der Waals surface area (Å²) >= 11 is 0. The van der Waals surface area contributed by atoms with Gasteiger partial charge in [0, 0.05) is 12.3 Å². The molecule has 2 N–H and O–H groups in total. The lowest BCUT2D eigenvalue weighted by molar-refractivity contribution is -0.137. The van der Waals surface area contributed by atoms with Crippen LogP contribution in [0.4, 0.5) is 4.39 Å². The summed E-state index contributed by atoms with van der Waals surface area (Å²) in [7, 11) is 0. The Labute approximate surface area is 111 Å². The number of carbonyl (C=O) groups is 2. The molecule has 0 aliphatic carbocycles. The van der Waals surface area contributed by atoms with Gasteiger partial charge in [-0.25, -0.2) is 4.39 Å². The van der Waals surface area contributed by atoms with Crippen molar-refractivity contribution in [2.24, 2.45) is 5.92 Å². The van der Waals surface area contributed by atoms with E-state index in [2.05, 4.69) is 5.32 Å². The molecule has 5 heteroatoms. The van der Waals surface area contributed by atoms with E-state index < -0.39 is 12.0 Å². The van der Waals surface area contributed by atoms with E-state index in [1.807, 2.05) is 0 Å². The molecule has 4 nitrogen and oxygen atoms in total. The molecule has 1 atom stereocenters. The van der Waals surface area contributed by atoms with Gasteiger partial charge in [0.1, 0.15) is 5.82 Å². The van der Waals surface area contributed by atoms with Crippen molar-refractivity contribution in [1.82, 2.24) is 5.32 Å². The monoisotopic (exact) mass is 267 g/mol. The Morgan fingerprint density at radius 3 is 2.32 bits per heavy atom. The van der Waals surface area contributed by atoms with E-state index in [1.165, 1.54) is 12.1 Å². The molecule has 0 bridgehead atoms. The molecular weight excluding hydrogens is 249 g/mol. The summed E-state index contributed by atoms with van der Waals surface area (Å²) in [5.74, 6) is -1.63. The summed E-state index contributed by atoms with van der Waals surface area (Å²) in [6.07, 6.45) is 0.222. The number of carbonyl (C=O) groups excluding carboxylic acids is 1. The van der Waals surface area contributed by atoms with Gasteiger partial charge in [0.05, 0.1) is 6.04 Å². The SMILES string of the molecule is CC(C)C(=O)NC(CCC(=O)O)c1ccc(F)cc1. The Kier molecular flexibility index (Phi) is 5.48. The molecule has 1 unspecified atom stereocenters. The zero-order chi connectivity index (χ0) is 14.4. The van der Waals surface area contributed by atoms with Gasteiger partial charge in [0.2, 0.25) is 5.91 Å². The maximum absolute atomic E-state index is 12.9. The van der Waals surface area contributed by atoms with Crippen LogP contribution in [0.3, 0.4) is 0 Å². The van der Waals surface area contributed by atoms with E-state index >= 15 is 0 Å². The molecule has 0 aliphatic rings. The number of halogens is 1. The molecule has 0 aliphatic heterocycles.